The Bertz CT molecular complexity index is 2800. The van der Waals surface area contributed by atoms with E-state index >= 15 is 0 Å². The number of hydrogen-bond donors (Lipinski definition) is 0. The maximum absolute atomic E-state index is 7.00. The van der Waals surface area contributed by atoms with E-state index in [2.05, 4.69) is 180 Å². The van der Waals surface area contributed by atoms with Crippen molar-refractivity contribution in [2.45, 2.75) is 0 Å². The summed E-state index contributed by atoms with van der Waals surface area (Å²) >= 11 is 0. The summed E-state index contributed by atoms with van der Waals surface area (Å²) in [5, 5.41) is 2.52. The molecule has 1 aromatic heterocycles. The lowest BCUT2D eigenvalue weighted by Gasteiger charge is -2.33. The van der Waals surface area contributed by atoms with Gasteiger partial charge in [-0.1, -0.05) is 133 Å². The molecular formula is C48H30BNO2. The monoisotopic (exact) mass is 663 g/mol. The van der Waals surface area contributed by atoms with Crippen LogP contribution in [0.25, 0.3) is 72.0 Å². The highest BCUT2D eigenvalue weighted by molar-refractivity contribution is 6.84. The minimum absolute atomic E-state index is 0.287. The minimum atomic E-state index is -0.287. The molecule has 0 unspecified atom stereocenters. The molecule has 52 heavy (non-hydrogen) atoms. The van der Waals surface area contributed by atoms with E-state index in [1.807, 2.05) is 6.07 Å². The van der Waals surface area contributed by atoms with Gasteiger partial charge in [-0.2, -0.15) is 0 Å². The Morgan fingerprint density at radius 2 is 0.981 bits per heavy atom. The zero-order chi connectivity index (χ0) is 34.2. The van der Waals surface area contributed by atoms with E-state index in [0.29, 0.717) is 0 Å². The molecule has 0 spiro atoms. The highest BCUT2D eigenvalue weighted by atomic mass is 16.5. The third kappa shape index (κ3) is 4.48. The zero-order valence-corrected chi connectivity index (χ0v) is 28.2. The van der Waals surface area contributed by atoms with Crippen LogP contribution in [0.2, 0.25) is 0 Å². The van der Waals surface area contributed by atoms with E-state index < -0.39 is 0 Å². The van der Waals surface area contributed by atoms with Crippen molar-refractivity contribution < 1.29 is 9.39 Å². The third-order valence-electron chi connectivity index (χ3n) is 10.7. The summed E-state index contributed by atoms with van der Waals surface area (Å²) in [6, 6.07) is 64.8. The van der Waals surface area contributed by atoms with Gasteiger partial charge in [0.1, 0.15) is 17.2 Å². The van der Waals surface area contributed by atoms with Gasteiger partial charge < -0.3 is 14.0 Å². The Morgan fingerprint density at radius 3 is 1.77 bits per heavy atom. The molecule has 0 saturated heterocycles. The van der Waals surface area contributed by atoms with Gasteiger partial charge in [-0.15, -0.1) is 0 Å². The van der Waals surface area contributed by atoms with E-state index in [0.717, 1.165) is 67.2 Å². The van der Waals surface area contributed by atoms with Gasteiger partial charge in [0.25, 0.3) is 0 Å². The fourth-order valence-electron chi connectivity index (χ4n) is 8.22. The van der Waals surface area contributed by atoms with Crippen LogP contribution in [0.3, 0.4) is 0 Å². The first-order valence-electron chi connectivity index (χ1n) is 17.8. The number of hydrogen-bond acceptors (Lipinski definition) is 2. The van der Waals surface area contributed by atoms with Crippen LogP contribution in [0.4, 0.5) is 0 Å². The van der Waals surface area contributed by atoms with Gasteiger partial charge in [0.05, 0.1) is 11.0 Å². The van der Waals surface area contributed by atoms with Gasteiger partial charge in [-0.05, 0) is 87.5 Å². The standard InChI is InChI=1S/C48H30BNO2/c1-2-10-31(11-3-1)33-12-8-13-34(28-33)36-22-26-40-41-16-9-19-46-48(41)49(52-47(40)30-36)42-29-35(23-27-45(42)51-46)32-20-24-37(25-21-32)50-43-17-6-4-14-38(43)39-15-5-7-18-44(39)50/h1-30H. The van der Waals surface area contributed by atoms with E-state index in [9.17, 15) is 0 Å². The second kappa shape index (κ2) is 11.4. The molecule has 0 N–H and O–H groups in total. The first-order chi connectivity index (χ1) is 25.8. The SMILES string of the molecule is c1ccc(-c2cccc(-c3ccc4c(c3)OB3c5cc(-c6ccc(-n7c8ccccc8c8ccccc87)cc6)ccc5Oc5cccc-4c53)c2)cc1. The summed E-state index contributed by atoms with van der Waals surface area (Å²) in [4.78, 5) is 0. The molecule has 0 fully saturated rings. The lowest BCUT2D eigenvalue weighted by atomic mass is 9.50. The molecule has 2 aliphatic heterocycles. The van der Waals surface area contributed by atoms with E-state index in [1.165, 1.54) is 32.9 Å². The topological polar surface area (TPSA) is 23.4 Å². The molecular weight excluding hydrogens is 633 g/mol. The number of aromatic nitrogens is 1. The fourth-order valence-corrected chi connectivity index (χ4v) is 8.22. The molecule has 242 valence electrons. The molecule has 3 heterocycles. The Hall–Kier alpha value is -6.78. The van der Waals surface area contributed by atoms with Gasteiger partial charge in [-0.3, -0.25) is 0 Å². The third-order valence-corrected chi connectivity index (χ3v) is 10.7. The quantitative estimate of drug-likeness (QED) is 0.175. The number of benzene rings is 8. The molecule has 0 radical (unpaired) electrons. The summed E-state index contributed by atoms with van der Waals surface area (Å²) in [6.45, 7) is -0.287. The number of para-hydroxylation sites is 2. The van der Waals surface area contributed by atoms with Crippen LogP contribution in [-0.4, -0.2) is 11.5 Å². The van der Waals surface area contributed by atoms with Gasteiger partial charge in [0, 0.05) is 32.9 Å². The van der Waals surface area contributed by atoms with Crippen molar-refractivity contribution in [3.63, 3.8) is 0 Å². The van der Waals surface area contributed by atoms with Crippen molar-refractivity contribution >= 4 is 39.6 Å². The average molecular weight is 664 g/mol. The van der Waals surface area contributed by atoms with Gasteiger partial charge in [0.2, 0.25) is 0 Å². The Kier molecular flexibility index (Phi) is 6.35. The van der Waals surface area contributed by atoms with Crippen molar-refractivity contribution in [1.29, 1.82) is 0 Å². The predicted octanol–water partition coefficient (Wildman–Crippen LogP) is 11.1. The van der Waals surface area contributed by atoms with Crippen LogP contribution in [-0.2, 0) is 0 Å². The highest BCUT2D eigenvalue weighted by Crippen LogP contribution is 2.42. The molecule has 9 aromatic rings. The lowest BCUT2D eigenvalue weighted by molar-refractivity contribution is 0.479. The second-order valence-electron chi connectivity index (χ2n) is 13.6. The van der Waals surface area contributed by atoms with Crippen molar-refractivity contribution in [1.82, 2.24) is 4.57 Å². The fraction of sp³-hybridized carbons (Fsp3) is 0. The summed E-state index contributed by atoms with van der Waals surface area (Å²) in [7, 11) is 0. The first kappa shape index (κ1) is 29.0. The van der Waals surface area contributed by atoms with Crippen molar-refractivity contribution in [2.24, 2.45) is 0 Å². The van der Waals surface area contributed by atoms with Crippen LogP contribution in [0.15, 0.2) is 182 Å². The van der Waals surface area contributed by atoms with Crippen LogP contribution >= 0.6 is 0 Å². The number of fused-ring (bicyclic) bond motifs is 7. The van der Waals surface area contributed by atoms with Gasteiger partial charge >= 0.3 is 6.92 Å². The molecule has 8 aromatic carbocycles. The summed E-state index contributed by atoms with van der Waals surface area (Å²) < 4.78 is 15.9. The lowest BCUT2D eigenvalue weighted by Crippen LogP contribution is -2.53. The highest BCUT2D eigenvalue weighted by Gasteiger charge is 2.40. The van der Waals surface area contributed by atoms with Gasteiger partial charge in [0.15, 0.2) is 0 Å². The summed E-state index contributed by atoms with van der Waals surface area (Å²) in [5.74, 6) is 2.56. The zero-order valence-electron chi connectivity index (χ0n) is 28.2. The largest absolute Gasteiger partial charge is 0.551 e. The normalized spacial score (nSPS) is 12.5. The molecule has 0 amide bonds. The molecule has 0 atom stereocenters. The molecule has 2 aliphatic rings. The average Bonchev–Trinajstić information content (AvgIpc) is 3.55. The predicted molar refractivity (Wildman–Crippen MR) is 215 cm³/mol. The molecule has 0 bridgehead atoms. The van der Waals surface area contributed by atoms with Crippen molar-refractivity contribution in [2.75, 3.05) is 0 Å². The molecule has 3 nitrogen and oxygen atoms in total. The maximum Gasteiger partial charge on any atom is 0.434 e. The smallest absolute Gasteiger partial charge is 0.434 e. The van der Waals surface area contributed by atoms with Crippen LogP contribution in [0.1, 0.15) is 0 Å². The van der Waals surface area contributed by atoms with Crippen LogP contribution in [0.5, 0.6) is 17.2 Å². The first-order valence-corrected chi connectivity index (χ1v) is 17.8. The number of nitrogens with zero attached hydrogens (tertiary/aromatic N) is 1. The van der Waals surface area contributed by atoms with Crippen molar-refractivity contribution in [3.8, 4) is 67.4 Å². The number of ether oxygens (including phenoxy) is 1. The minimum Gasteiger partial charge on any atom is -0.551 e. The Morgan fingerprint density at radius 1 is 0.385 bits per heavy atom. The van der Waals surface area contributed by atoms with Gasteiger partial charge in [-0.25, -0.2) is 0 Å². The number of rotatable bonds is 4. The van der Waals surface area contributed by atoms with E-state index in [1.54, 1.807) is 0 Å². The van der Waals surface area contributed by atoms with Crippen LogP contribution in [0, 0.1) is 0 Å². The van der Waals surface area contributed by atoms with Crippen molar-refractivity contribution in [3.05, 3.63) is 182 Å². The Balaban J connectivity index is 0.968. The van der Waals surface area contributed by atoms with E-state index in [-0.39, 0.29) is 6.92 Å². The molecule has 0 saturated carbocycles. The van der Waals surface area contributed by atoms with Crippen LogP contribution < -0.4 is 20.3 Å². The maximum atomic E-state index is 7.00. The second-order valence-corrected chi connectivity index (χ2v) is 13.6. The molecule has 0 aliphatic carbocycles. The summed E-state index contributed by atoms with van der Waals surface area (Å²) in [6.07, 6.45) is 0. The molecule has 4 heteroatoms. The van der Waals surface area contributed by atoms with E-state index in [4.69, 9.17) is 9.39 Å². The Labute approximate surface area is 302 Å². The summed E-state index contributed by atoms with van der Waals surface area (Å²) in [5.41, 5.74) is 14.9. The molecule has 11 rings (SSSR count).